The molecule has 1 aliphatic carbocycles. The van der Waals surface area contributed by atoms with E-state index in [1.54, 1.807) is 0 Å². The van der Waals surface area contributed by atoms with Crippen molar-refractivity contribution in [3.05, 3.63) is 0 Å². The second kappa shape index (κ2) is 5.18. The third-order valence-electron chi connectivity index (χ3n) is 2.86. The number of hydrazone groups is 1. The maximum absolute atomic E-state index is 5.18. The molecule has 0 amide bonds. The second-order valence-corrected chi connectivity index (χ2v) is 3.91. The molecule has 0 aromatic rings. The molecule has 2 N–H and O–H groups in total. The highest BCUT2D eigenvalue weighted by atomic mass is 15.1. The van der Waals surface area contributed by atoms with Crippen LogP contribution in [0.4, 0.5) is 0 Å². The first-order valence-electron chi connectivity index (χ1n) is 5.06. The smallest absolute Gasteiger partial charge is 0.0345 e. The molecule has 0 aliphatic heterocycles. The summed E-state index contributed by atoms with van der Waals surface area (Å²) < 4.78 is 0. The Hall–Kier alpha value is -0.530. The number of rotatable bonds is 3. The molecule has 0 aromatic carbocycles. The van der Waals surface area contributed by atoms with Gasteiger partial charge >= 0.3 is 0 Å². The lowest BCUT2D eigenvalue weighted by Crippen LogP contribution is -2.08. The summed E-state index contributed by atoms with van der Waals surface area (Å²) >= 11 is 0. The summed E-state index contributed by atoms with van der Waals surface area (Å²) in [6.07, 6.45) is 9.57. The third-order valence-corrected chi connectivity index (χ3v) is 2.86. The zero-order valence-corrected chi connectivity index (χ0v) is 8.05. The number of hydrogen-bond donors (Lipinski definition) is 1. The Morgan fingerprint density at radius 3 is 2.58 bits per heavy atom. The van der Waals surface area contributed by atoms with Gasteiger partial charge in [0.2, 0.25) is 0 Å². The predicted octanol–water partition coefficient (Wildman–Crippen LogP) is 2.68. The fraction of sp³-hybridized carbons (Fsp3) is 0.900. The lowest BCUT2D eigenvalue weighted by Gasteiger charge is -2.20. The Balaban J connectivity index is 2.13. The van der Waals surface area contributed by atoms with Crippen molar-refractivity contribution in [2.75, 3.05) is 0 Å². The number of hydrogen-bond acceptors (Lipinski definition) is 2. The van der Waals surface area contributed by atoms with Crippen molar-refractivity contribution in [3.63, 3.8) is 0 Å². The molecule has 70 valence electrons. The topological polar surface area (TPSA) is 38.4 Å². The van der Waals surface area contributed by atoms with Crippen molar-refractivity contribution in [1.29, 1.82) is 0 Å². The first-order chi connectivity index (χ1) is 5.83. The highest BCUT2D eigenvalue weighted by Gasteiger charge is 2.12. The Morgan fingerprint density at radius 2 is 2.00 bits per heavy atom. The van der Waals surface area contributed by atoms with Crippen molar-refractivity contribution in [3.8, 4) is 0 Å². The van der Waals surface area contributed by atoms with E-state index in [9.17, 15) is 0 Å². The van der Waals surface area contributed by atoms with Crippen LogP contribution in [0.2, 0.25) is 0 Å². The zero-order valence-electron chi connectivity index (χ0n) is 8.05. The second-order valence-electron chi connectivity index (χ2n) is 3.91. The largest absolute Gasteiger partial charge is 0.323 e. The molecule has 0 bridgehead atoms. The van der Waals surface area contributed by atoms with Gasteiger partial charge in [0.1, 0.15) is 0 Å². The van der Waals surface area contributed by atoms with Crippen LogP contribution in [0, 0.1) is 5.92 Å². The van der Waals surface area contributed by atoms with Gasteiger partial charge in [-0.1, -0.05) is 32.1 Å². The van der Waals surface area contributed by atoms with Crippen molar-refractivity contribution < 1.29 is 0 Å². The molecular formula is C10H20N2. The van der Waals surface area contributed by atoms with Crippen molar-refractivity contribution in [2.24, 2.45) is 16.9 Å². The molecule has 0 saturated heterocycles. The monoisotopic (exact) mass is 168 g/mol. The van der Waals surface area contributed by atoms with Gasteiger partial charge in [0.05, 0.1) is 0 Å². The van der Waals surface area contributed by atoms with Crippen molar-refractivity contribution in [2.45, 2.75) is 51.9 Å². The zero-order chi connectivity index (χ0) is 8.81. The van der Waals surface area contributed by atoms with Gasteiger partial charge < -0.3 is 5.84 Å². The van der Waals surface area contributed by atoms with Crippen LogP contribution >= 0.6 is 0 Å². The maximum Gasteiger partial charge on any atom is 0.0345 e. The average molecular weight is 168 g/mol. The van der Waals surface area contributed by atoms with E-state index in [-0.39, 0.29) is 0 Å². The summed E-state index contributed by atoms with van der Waals surface area (Å²) in [4.78, 5) is 0. The lowest BCUT2D eigenvalue weighted by molar-refractivity contribution is 0.343. The summed E-state index contributed by atoms with van der Waals surface area (Å²) in [6, 6.07) is 0. The summed E-state index contributed by atoms with van der Waals surface area (Å²) in [5.74, 6) is 6.13. The molecule has 1 saturated carbocycles. The molecule has 0 heterocycles. The number of nitrogens with zero attached hydrogens (tertiary/aromatic N) is 1. The van der Waals surface area contributed by atoms with Crippen LogP contribution in [-0.2, 0) is 0 Å². The number of nitrogens with two attached hydrogens (primary N) is 1. The Bertz CT molecular complexity index is 146. The van der Waals surface area contributed by atoms with Gasteiger partial charge in [0.15, 0.2) is 0 Å². The van der Waals surface area contributed by atoms with E-state index in [1.807, 2.05) is 6.92 Å². The molecule has 0 unspecified atom stereocenters. The fourth-order valence-electron chi connectivity index (χ4n) is 1.95. The SMILES string of the molecule is C/C(CCC1CCCCC1)=N\N. The van der Waals surface area contributed by atoms with E-state index in [1.165, 1.54) is 38.5 Å². The highest BCUT2D eigenvalue weighted by molar-refractivity contribution is 5.81. The quantitative estimate of drug-likeness (QED) is 0.393. The van der Waals surface area contributed by atoms with E-state index in [0.29, 0.717) is 0 Å². The Labute approximate surface area is 75.2 Å². The third kappa shape index (κ3) is 3.24. The van der Waals surface area contributed by atoms with E-state index < -0.39 is 0 Å². The fourth-order valence-corrected chi connectivity index (χ4v) is 1.95. The minimum absolute atomic E-state index is 0.954. The van der Waals surface area contributed by atoms with Crippen LogP contribution in [0.3, 0.4) is 0 Å². The van der Waals surface area contributed by atoms with Crippen molar-refractivity contribution in [1.82, 2.24) is 0 Å². The van der Waals surface area contributed by atoms with E-state index in [2.05, 4.69) is 5.10 Å². The summed E-state index contributed by atoms with van der Waals surface area (Å²) in [7, 11) is 0. The Kier molecular flexibility index (Phi) is 4.12. The van der Waals surface area contributed by atoms with Crippen LogP contribution in [0.5, 0.6) is 0 Å². The van der Waals surface area contributed by atoms with Gasteiger partial charge in [0, 0.05) is 5.71 Å². The first-order valence-corrected chi connectivity index (χ1v) is 5.06. The van der Waals surface area contributed by atoms with Crippen LogP contribution in [0.15, 0.2) is 5.10 Å². The van der Waals surface area contributed by atoms with Crippen LogP contribution in [0.1, 0.15) is 51.9 Å². The standard InChI is InChI=1S/C10H20N2/c1-9(12-11)7-8-10-5-3-2-4-6-10/h10H,2-8,11H2,1H3/b12-9+. The van der Waals surface area contributed by atoms with Gasteiger partial charge in [-0.25, -0.2) is 0 Å². The van der Waals surface area contributed by atoms with E-state index in [0.717, 1.165) is 18.1 Å². The minimum Gasteiger partial charge on any atom is -0.323 e. The Morgan fingerprint density at radius 1 is 1.33 bits per heavy atom. The normalized spacial score (nSPS) is 21.2. The molecule has 1 rings (SSSR count). The minimum atomic E-state index is 0.954. The van der Waals surface area contributed by atoms with E-state index in [4.69, 9.17) is 5.84 Å². The molecule has 0 radical (unpaired) electrons. The van der Waals surface area contributed by atoms with Crippen LogP contribution in [-0.4, -0.2) is 5.71 Å². The molecule has 12 heavy (non-hydrogen) atoms. The molecule has 0 aromatic heterocycles. The summed E-state index contributed by atoms with van der Waals surface area (Å²) in [5, 5.41) is 3.69. The molecule has 2 nitrogen and oxygen atoms in total. The molecule has 1 fully saturated rings. The molecule has 0 atom stereocenters. The average Bonchev–Trinajstić information content (AvgIpc) is 2.16. The first kappa shape index (κ1) is 9.56. The highest BCUT2D eigenvalue weighted by Crippen LogP contribution is 2.27. The van der Waals surface area contributed by atoms with E-state index >= 15 is 0 Å². The summed E-state index contributed by atoms with van der Waals surface area (Å²) in [6.45, 7) is 2.02. The lowest BCUT2D eigenvalue weighted by atomic mass is 9.86. The molecule has 2 heteroatoms. The van der Waals surface area contributed by atoms with Gasteiger partial charge in [-0.3, -0.25) is 0 Å². The predicted molar refractivity (Wildman–Crippen MR) is 53.1 cm³/mol. The van der Waals surface area contributed by atoms with Crippen molar-refractivity contribution >= 4 is 5.71 Å². The van der Waals surface area contributed by atoms with Gasteiger partial charge in [-0.15, -0.1) is 0 Å². The van der Waals surface area contributed by atoms with Gasteiger partial charge in [-0.05, 0) is 25.7 Å². The maximum atomic E-state index is 5.18. The van der Waals surface area contributed by atoms with Gasteiger partial charge in [-0.2, -0.15) is 5.10 Å². The van der Waals surface area contributed by atoms with Crippen LogP contribution in [0.25, 0.3) is 0 Å². The van der Waals surface area contributed by atoms with Crippen LogP contribution < -0.4 is 5.84 Å². The molecule has 1 aliphatic rings. The summed E-state index contributed by atoms with van der Waals surface area (Å²) in [5.41, 5.74) is 1.10. The molecule has 0 spiro atoms. The van der Waals surface area contributed by atoms with Gasteiger partial charge in [0.25, 0.3) is 0 Å². The molecular weight excluding hydrogens is 148 g/mol.